The average molecular weight is 323 g/mol. The fourth-order valence-electron chi connectivity index (χ4n) is 1.89. The zero-order valence-corrected chi connectivity index (χ0v) is 14.3. The van der Waals surface area contributed by atoms with E-state index in [9.17, 15) is 4.79 Å². The summed E-state index contributed by atoms with van der Waals surface area (Å²) in [6.45, 7) is 0.794. The minimum atomic E-state index is -0.147. The molecule has 0 spiro atoms. The fraction of sp³-hybridized carbons (Fsp3) is 0.500. The molecule has 0 bridgehead atoms. The smallest absolute Gasteiger partial charge is 0.305 e. The maximum absolute atomic E-state index is 11.0. The number of unbranched alkanes of at least 4 members (excludes halogenated alkanes) is 2. The highest BCUT2D eigenvalue weighted by Gasteiger charge is 2.01. The van der Waals surface area contributed by atoms with E-state index >= 15 is 0 Å². The number of methoxy groups -OCH3 is 1. The average Bonchev–Trinajstić information content (AvgIpc) is 2.50. The summed E-state index contributed by atoms with van der Waals surface area (Å²) in [6.07, 6.45) is 3.28. The third kappa shape index (κ3) is 7.26. The zero-order chi connectivity index (χ0) is 16.4. The molecule has 0 unspecified atom stereocenters. The van der Waals surface area contributed by atoms with E-state index in [0.717, 1.165) is 37.2 Å². The predicted octanol–water partition coefficient (Wildman–Crippen LogP) is 2.77. The van der Waals surface area contributed by atoms with Gasteiger partial charge in [-0.2, -0.15) is 0 Å². The Hall–Kier alpha value is -1.82. The van der Waals surface area contributed by atoms with Gasteiger partial charge in [0.2, 0.25) is 0 Å². The number of carbonyl (C=O) groups is 1. The summed E-state index contributed by atoms with van der Waals surface area (Å²) in [4.78, 5) is 13.0. The highest BCUT2D eigenvalue weighted by atomic mass is 32.1. The summed E-state index contributed by atoms with van der Waals surface area (Å²) < 4.78 is 4.60. The van der Waals surface area contributed by atoms with Crippen molar-refractivity contribution in [3.05, 3.63) is 24.3 Å². The first-order chi connectivity index (χ1) is 10.5. The van der Waals surface area contributed by atoms with Crippen molar-refractivity contribution in [2.45, 2.75) is 25.7 Å². The molecule has 0 atom stereocenters. The van der Waals surface area contributed by atoms with Crippen LogP contribution in [0, 0.1) is 0 Å². The van der Waals surface area contributed by atoms with E-state index < -0.39 is 0 Å². The molecule has 0 aliphatic carbocycles. The van der Waals surface area contributed by atoms with Crippen molar-refractivity contribution >= 4 is 34.7 Å². The first-order valence-electron chi connectivity index (χ1n) is 7.42. The summed E-state index contributed by atoms with van der Waals surface area (Å²) in [5.74, 6) is -0.147. The third-order valence-electron chi connectivity index (χ3n) is 3.21. The quantitative estimate of drug-likeness (QED) is 0.436. The number of ether oxygens (including phenoxy) is 1. The molecule has 0 aromatic heterocycles. The molecule has 6 heteroatoms. The van der Waals surface area contributed by atoms with Crippen LogP contribution in [0.2, 0.25) is 0 Å². The topological polar surface area (TPSA) is 53.6 Å². The number of esters is 1. The minimum Gasteiger partial charge on any atom is -0.469 e. The van der Waals surface area contributed by atoms with Gasteiger partial charge in [-0.25, -0.2) is 0 Å². The number of thiocarbonyl (C=S) groups is 1. The van der Waals surface area contributed by atoms with Gasteiger partial charge in [0, 0.05) is 38.4 Å². The molecule has 0 fully saturated rings. The summed E-state index contributed by atoms with van der Waals surface area (Å²) in [5, 5.41) is 6.93. The molecule has 0 radical (unpaired) electrons. The summed E-state index contributed by atoms with van der Waals surface area (Å²) >= 11 is 5.25. The van der Waals surface area contributed by atoms with Crippen molar-refractivity contribution in [3.8, 4) is 0 Å². The second-order valence-electron chi connectivity index (χ2n) is 5.21. The van der Waals surface area contributed by atoms with E-state index in [1.807, 2.05) is 38.4 Å². The molecular formula is C16H25N3O2S. The molecule has 1 aromatic carbocycles. The van der Waals surface area contributed by atoms with Crippen molar-refractivity contribution in [1.29, 1.82) is 0 Å². The van der Waals surface area contributed by atoms with Crippen LogP contribution in [-0.4, -0.2) is 38.8 Å². The van der Waals surface area contributed by atoms with E-state index in [1.54, 1.807) is 0 Å². The lowest BCUT2D eigenvalue weighted by atomic mass is 10.2. The van der Waals surface area contributed by atoms with Crippen LogP contribution in [0.4, 0.5) is 11.4 Å². The van der Waals surface area contributed by atoms with Crippen LogP contribution in [0.3, 0.4) is 0 Å². The standard InChI is InChI=1S/C16H25N3O2S/c1-19(2)14-10-8-13(9-11-14)18-16(22)17-12-6-4-5-7-15(20)21-3/h8-11H,4-7,12H2,1-3H3,(H2,17,18,22). The number of hydrogen-bond donors (Lipinski definition) is 2. The lowest BCUT2D eigenvalue weighted by molar-refractivity contribution is -0.140. The molecule has 2 N–H and O–H groups in total. The Kier molecular flexibility index (Phi) is 8.28. The Labute approximate surface area is 138 Å². The third-order valence-corrected chi connectivity index (χ3v) is 3.46. The fourth-order valence-corrected chi connectivity index (χ4v) is 2.11. The van der Waals surface area contributed by atoms with Gasteiger partial charge in [-0.1, -0.05) is 6.42 Å². The number of anilines is 2. The Bertz CT molecular complexity index is 475. The maximum Gasteiger partial charge on any atom is 0.305 e. The van der Waals surface area contributed by atoms with Gasteiger partial charge in [0.25, 0.3) is 0 Å². The monoisotopic (exact) mass is 323 g/mol. The molecule has 0 saturated carbocycles. The molecule has 0 aliphatic rings. The first kappa shape index (κ1) is 18.2. The SMILES string of the molecule is COC(=O)CCCCCNC(=S)Nc1ccc(N(C)C)cc1. The molecule has 1 aromatic rings. The van der Waals surface area contributed by atoms with E-state index in [1.165, 1.54) is 7.11 Å². The van der Waals surface area contributed by atoms with Crippen LogP contribution in [0.25, 0.3) is 0 Å². The molecule has 0 heterocycles. The van der Waals surface area contributed by atoms with Gasteiger partial charge in [-0.3, -0.25) is 4.79 Å². The van der Waals surface area contributed by atoms with Gasteiger partial charge in [0.1, 0.15) is 0 Å². The number of nitrogens with one attached hydrogen (secondary N) is 2. The van der Waals surface area contributed by atoms with Gasteiger partial charge in [-0.05, 0) is 49.3 Å². The number of hydrogen-bond acceptors (Lipinski definition) is 4. The van der Waals surface area contributed by atoms with Crippen molar-refractivity contribution < 1.29 is 9.53 Å². The van der Waals surface area contributed by atoms with E-state index in [0.29, 0.717) is 11.5 Å². The van der Waals surface area contributed by atoms with Crippen molar-refractivity contribution in [2.75, 3.05) is 38.0 Å². The van der Waals surface area contributed by atoms with Gasteiger partial charge in [-0.15, -0.1) is 0 Å². The summed E-state index contributed by atoms with van der Waals surface area (Å²) in [6, 6.07) is 8.08. The second kappa shape index (κ2) is 10.00. The number of nitrogens with zero attached hydrogens (tertiary/aromatic N) is 1. The highest BCUT2D eigenvalue weighted by molar-refractivity contribution is 7.80. The summed E-state index contributed by atoms with van der Waals surface area (Å²) in [5.41, 5.74) is 2.11. The van der Waals surface area contributed by atoms with E-state index in [-0.39, 0.29) is 5.97 Å². The van der Waals surface area contributed by atoms with E-state index in [2.05, 4.69) is 20.3 Å². The minimum absolute atomic E-state index is 0.147. The number of rotatable bonds is 8. The lowest BCUT2D eigenvalue weighted by Gasteiger charge is -2.14. The van der Waals surface area contributed by atoms with Gasteiger partial charge in [0.05, 0.1) is 7.11 Å². The lowest BCUT2D eigenvalue weighted by Crippen LogP contribution is -2.29. The van der Waals surface area contributed by atoms with Crippen molar-refractivity contribution in [1.82, 2.24) is 5.32 Å². The van der Waals surface area contributed by atoms with E-state index in [4.69, 9.17) is 12.2 Å². The molecule has 5 nitrogen and oxygen atoms in total. The van der Waals surface area contributed by atoms with Crippen LogP contribution in [0.15, 0.2) is 24.3 Å². The molecule has 0 aliphatic heterocycles. The van der Waals surface area contributed by atoms with Gasteiger partial charge >= 0.3 is 5.97 Å². The predicted molar refractivity (Wildman–Crippen MR) is 95.5 cm³/mol. The maximum atomic E-state index is 11.0. The second-order valence-corrected chi connectivity index (χ2v) is 5.62. The van der Waals surface area contributed by atoms with Gasteiger partial charge in [0.15, 0.2) is 5.11 Å². The van der Waals surface area contributed by atoms with Crippen LogP contribution in [0.5, 0.6) is 0 Å². The Morgan fingerprint density at radius 2 is 1.86 bits per heavy atom. The van der Waals surface area contributed by atoms with Crippen molar-refractivity contribution in [3.63, 3.8) is 0 Å². The molecular weight excluding hydrogens is 298 g/mol. The van der Waals surface area contributed by atoms with Crippen molar-refractivity contribution in [2.24, 2.45) is 0 Å². The first-order valence-corrected chi connectivity index (χ1v) is 7.83. The number of benzene rings is 1. The van der Waals surface area contributed by atoms with Crippen LogP contribution >= 0.6 is 12.2 Å². The van der Waals surface area contributed by atoms with Gasteiger partial charge < -0.3 is 20.3 Å². The zero-order valence-electron chi connectivity index (χ0n) is 13.5. The largest absolute Gasteiger partial charge is 0.469 e. The molecule has 122 valence electrons. The Morgan fingerprint density at radius 3 is 2.45 bits per heavy atom. The number of carbonyl (C=O) groups excluding carboxylic acids is 1. The molecule has 1 rings (SSSR count). The normalized spacial score (nSPS) is 9.95. The molecule has 22 heavy (non-hydrogen) atoms. The Morgan fingerprint density at radius 1 is 1.18 bits per heavy atom. The molecule has 0 saturated heterocycles. The van der Waals surface area contributed by atoms with Crippen LogP contribution in [-0.2, 0) is 9.53 Å². The Balaban J connectivity index is 2.17. The van der Waals surface area contributed by atoms with Crippen LogP contribution < -0.4 is 15.5 Å². The highest BCUT2D eigenvalue weighted by Crippen LogP contribution is 2.15. The molecule has 0 amide bonds. The van der Waals surface area contributed by atoms with Crippen LogP contribution in [0.1, 0.15) is 25.7 Å². The summed E-state index contributed by atoms with van der Waals surface area (Å²) in [7, 11) is 5.43.